The van der Waals surface area contributed by atoms with Crippen LogP contribution in [0.25, 0.3) is 0 Å². The maximum absolute atomic E-state index is 12.4. The van der Waals surface area contributed by atoms with Crippen molar-refractivity contribution in [1.29, 1.82) is 0 Å². The molecular formula is C21H29N3O5. The Kier molecular flexibility index (Phi) is 7.43. The SMILES string of the molecule is O=C(OCC(=O)N1CCCCCC1)c1ccc(N2CCCCCC2)c([N+](=O)[O-])c1. The van der Waals surface area contributed by atoms with Crippen LogP contribution in [0.1, 0.15) is 61.7 Å². The lowest BCUT2D eigenvalue weighted by Gasteiger charge is -2.22. The molecule has 2 saturated heterocycles. The molecule has 2 aliphatic rings. The van der Waals surface area contributed by atoms with E-state index in [0.29, 0.717) is 18.8 Å². The van der Waals surface area contributed by atoms with E-state index >= 15 is 0 Å². The van der Waals surface area contributed by atoms with Crippen LogP contribution in [-0.2, 0) is 9.53 Å². The average Bonchev–Trinajstić information content (AvgIpc) is 3.16. The van der Waals surface area contributed by atoms with Crippen molar-refractivity contribution >= 4 is 23.3 Å². The van der Waals surface area contributed by atoms with Gasteiger partial charge in [0.2, 0.25) is 0 Å². The number of anilines is 1. The average molecular weight is 403 g/mol. The minimum Gasteiger partial charge on any atom is -0.452 e. The summed E-state index contributed by atoms with van der Waals surface area (Å²) in [6.45, 7) is 2.59. The number of amides is 1. The van der Waals surface area contributed by atoms with Gasteiger partial charge in [-0.25, -0.2) is 4.79 Å². The molecule has 1 aromatic carbocycles. The van der Waals surface area contributed by atoms with E-state index in [1.165, 1.54) is 6.07 Å². The first-order valence-corrected chi connectivity index (χ1v) is 10.5. The number of carbonyl (C=O) groups is 2. The zero-order valence-corrected chi connectivity index (χ0v) is 16.8. The van der Waals surface area contributed by atoms with Gasteiger partial charge in [0.05, 0.1) is 10.5 Å². The minimum absolute atomic E-state index is 0.0962. The van der Waals surface area contributed by atoms with Crippen molar-refractivity contribution in [3.05, 3.63) is 33.9 Å². The van der Waals surface area contributed by atoms with Crippen molar-refractivity contribution in [3.63, 3.8) is 0 Å². The molecule has 2 aliphatic heterocycles. The van der Waals surface area contributed by atoms with Gasteiger partial charge in [-0.1, -0.05) is 25.7 Å². The Balaban J connectivity index is 1.66. The normalized spacial score (nSPS) is 17.9. The van der Waals surface area contributed by atoms with Crippen molar-refractivity contribution in [2.45, 2.75) is 51.4 Å². The van der Waals surface area contributed by atoms with Crippen LogP contribution in [0, 0.1) is 10.1 Å². The summed E-state index contributed by atoms with van der Waals surface area (Å²) in [6, 6.07) is 4.43. The molecule has 0 N–H and O–H groups in total. The van der Waals surface area contributed by atoms with Crippen LogP contribution in [0.15, 0.2) is 18.2 Å². The Morgan fingerprint density at radius 1 is 0.931 bits per heavy atom. The molecule has 0 saturated carbocycles. The number of carbonyl (C=O) groups excluding carboxylic acids is 2. The molecule has 0 unspecified atom stereocenters. The van der Waals surface area contributed by atoms with Gasteiger partial charge in [-0.3, -0.25) is 14.9 Å². The third-order valence-electron chi connectivity index (χ3n) is 5.64. The van der Waals surface area contributed by atoms with Gasteiger partial charge in [0.1, 0.15) is 5.69 Å². The molecule has 0 atom stereocenters. The van der Waals surface area contributed by atoms with E-state index in [4.69, 9.17) is 4.74 Å². The molecule has 0 bridgehead atoms. The molecule has 2 fully saturated rings. The van der Waals surface area contributed by atoms with Crippen LogP contribution in [0.5, 0.6) is 0 Å². The largest absolute Gasteiger partial charge is 0.452 e. The zero-order chi connectivity index (χ0) is 20.6. The number of nitrogens with zero attached hydrogens (tertiary/aromatic N) is 3. The van der Waals surface area contributed by atoms with Crippen molar-refractivity contribution in [1.82, 2.24) is 4.90 Å². The second-order valence-electron chi connectivity index (χ2n) is 7.73. The predicted octanol–water partition coefficient (Wildman–Crippen LogP) is 3.53. The number of rotatable bonds is 5. The summed E-state index contributed by atoms with van der Waals surface area (Å²) < 4.78 is 5.16. The summed E-state index contributed by atoms with van der Waals surface area (Å²) in [7, 11) is 0. The molecule has 8 nitrogen and oxygen atoms in total. The molecule has 0 spiro atoms. The van der Waals surface area contributed by atoms with Gasteiger partial charge in [0, 0.05) is 32.2 Å². The Bertz CT molecular complexity index is 736. The monoisotopic (exact) mass is 403 g/mol. The number of hydrogen-bond donors (Lipinski definition) is 0. The van der Waals surface area contributed by atoms with E-state index in [1.807, 2.05) is 4.90 Å². The number of hydrogen-bond acceptors (Lipinski definition) is 6. The van der Waals surface area contributed by atoms with Gasteiger partial charge in [0.25, 0.3) is 11.6 Å². The quantitative estimate of drug-likeness (QED) is 0.424. The van der Waals surface area contributed by atoms with Crippen LogP contribution in [0.4, 0.5) is 11.4 Å². The Labute approximate surface area is 171 Å². The highest BCUT2D eigenvalue weighted by atomic mass is 16.6. The van der Waals surface area contributed by atoms with Gasteiger partial charge in [0.15, 0.2) is 6.61 Å². The van der Waals surface area contributed by atoms with Crippen molar-refractivity contribution in [2.75, 3.05) is 37.7 Å². The van der Waals surface area contributed by atoms with Crippen LogP contribution in [0.3, 0.4) is 0 Å². The summed E-state index contributed by atoms with van der Waals surface area (Å²) in [4.78, 5) is 39.6. The lowest BCUT2D eigenvalue weighted by molar-refractivity contribution is -0.384. The van der Waals surface area contributed by atoms with E-state index in [0.717, 1.165) is 64.5 Å². The molecule has 1 aromatic rings. The van der Waals surface area contributed by atoms with Gasteiger partial charge >= 0.3 is 5.97 Å². The smallest absolute Gasteiger partial charge is 0.338 e. The topological polar surface area (TPSA) is 93.0 Å². The molecule has 1 amide bonds. The number of ether oxygens (including phenoxy) is 1. The van der Waals surface area contributed by atoms with E-state index in [-0.39, 0.29) is 23.8 Å². The standard InChI is InChI=1S/C21H29N3O5/c25-20(23-13-7-3-4-8-14-23)16-29-21(26)17-9-10-18(19(15-17)24(27)28)22-11-5-1-2-6-12-22/h9-10,15H,1-8,11-14,16H2. The number of nitro groups is 1. The third kappa shape index (κ3) is 5.68. The lowest BCUT2D eigenvalue weighted by atomic mass is 10.1. The molecular weight excluding hydrogens is 374 g/mol. The summed E-state index contributed by atoms with van der Waals surface area (Å²) in [5.74, 6) is -0.922. The fraction of sp³-hybridized carbons (Fsp3) is 0.619. The molecule has 29 heavy (non-hydrogen) atoms. The van der Waals surface area contributed by atoms with Gasteiger partial charge < -0.3 is 14.5 Å². The fourth-order valence-corrected chi connectivity index (χ4v) is 4.00. The zero-order valence-electron chi connectivity index (χ0n) is 16.8. The van der Waals surface area contributed by atoms with Crippen molar-refractivity contribution in [3.8, 4) is 0 Å². The number of nitro benzene ring substituents is 1. The van der Waals surface area contributed by atoms with Crippen LogP contribution >= 0.6 is 0 Å². The maximum atomic E-state index is 12.4. The lowest BCUT2D eigenvalue weighted by Crippen LogP contribution is -2.35. The third-order valence-corrected chi connectivity index (χ3v) is 5.64. The highest BCUT2D eigenvalue weighted by molar-refractivity contribution is 5.93. The van der Waals surface area contributed by atoms with Crippen LogP contribution in [0.2, 0.25) is 0 Å². The second-order valence-corrected chi connectivity index (χ2v) is 7.73. The first kappa shape index (κ1) is 21.1. The Hall–Kier alpha value is -2.64. The van der Waals surface area contributed by atoms with Crippen molar-refractivity contribution in [2.24, 2.45) is 0 Å². The molecule has 0 aromatic heterocycles. The second kappa shape index (κ2) is 10.2. The van der Waals surface area contributed by atoms with E-state index in [2.05, 4.69) is 0 Å². The highest BCUT2D eigenvalue weighted by Gasteiger charge is 2.24. The molecule has 8 heteroatoms. The number of benzene rings is 1. The van der Waals surface area contributed by atoms with E-state index in [1.54, 1.807) is 17.0 Å². The Morgan fingerprint density at radius 3 is 2.10 bits per heavy atom. The summed E-state index contributed by atoms with van der Waals surface area (Å²) in [5.41, 5.74) is 0.535. The van der Waals surface area contributed by atoms with Crippen LogP contribution in [-0.4, -0.2) is 54.5 Å². The van der Waals surface area contributed by atoms with Crippen LogP contribution < -0.4 is 4.90 Å². The molecule has 3 rings (SSSR count). The fourth-order valence-electron chi connectivity index (χ4n) is 4.00. The minimum atomic E-state index is -0.710. The summed E-state index contributed by atoms with van der Waals surface area (Å²) in [6.07, 6.45) is 8.39. The number of esters is 1. The summed E-state index contributed by atoms with van der Waals surface area (Å²) in [5, 5.41) is 11.6. The first-order valence-electron chi connectivity index (χ1n) is 10.5. The highest BCUT2D eigenvalue weighted by Crippen LogP contribution is 2.31. The molecule has 2 heterocycles. The summed E-state index contributed by atoms with van der Waals surface area (Å²) >= 11 is 0. The Morgan fingerprint density at radius 2 is 1.52 bits per heavy atom. The maximum Gasteiger partial charge on any atom is 0.338 e. The number of likely N-dealkylation sites (tertiary alicyclic amines) is 1. The predicted molar refractivity (Wildman–Crippen MR) is 109 cm³/mol. The van der Waals surface area contributed by atoms with E-state index in [9.17, 15) is 19.7 Å². The molecule has 158 valence electrons. The molecule has 0 aliphatic carbocycles. The van der Waals surface area contributed by atoms with Crippen molar-refractivity contribution < 1.29 is 19.2 Å². The van der Waals surface area contributed by atoms with Gasteiger partial charge in [-0.05, 0) is 37.8 Å². The van der Waals surface area contributed by atoms with Gasteiger partial charge in [-0.15, -0.1) is 0 Å². The van der Waals surface area contributed by atoms with E-state index < -0.39 is 10.9 Å². The first-order chi connectivity index (χ1) is 14.1. The van der Waals surface area contributed by atoms with Gasteiger partial charge in [-0.2, -0.15) is 0 Å². The molecule has 0 radical (unpaired) electrons.